The van der Waals surface area contributed by atoms with Gasteiger partial charge in [0.25, 0.3) is 9.84 Å². The van der Waals surface area contributed by atoms with Crippen molar-refractivity contribution in [1.29, 1.82) is 0 Å². The molecule has 2 fully saturated rings. The summed E-state index contributed by atoms with van der Waals surface area (Å²) in [5.41, 5.74) is 0. The number of piperidine rings is 1. The minimum atomic E-state index is -3.85. The van der Waals surface area contributed by atoms with Crippen molar-refractivity contribution in [1.82, 2.24) is 4.90 Å². The fraction of sp³-hybridized carbons (Fsp3) is 0.417. The van der Waals surface area contributed by atoms with Crippen molar-refractivity contribution in [2.24, 2.45) is 0 Å². The minimum absolute atomic E-state index is 0.0953. The monoisotopic (exact) mass is 377 g/mol. The third kappa shape index (κ3) is 1.85. The molecule has 1 aliphatic carbocycles. The van der Waals surface area contributed by atoms with Gasteiger partial charge in [0.1, 0.15) is 0 Å². The van der Waals surface area contributed by atoms with Crippen LogP contribution in [0.1, 0.15) is 19.3 Å². The molecule has 1 saturated heterocycles. The number of benzene rings is 1. The van der Waals surface area contributed by atoms with E-state index < -0.39 is 15.1 Å². The van der Waals surface area contributed by atoms with E-state index >= 15 is 0 Å². The SMILES string of the molecule is O=C(N1C2CCCC21)S(=O)(=O)c1ccc(I)cc1. The summed E-state index contributed by atoms with van der Waals surface area (Å²) >= 11 is 2.10. The normalized spacial score (nSPS) is 25.9. The summed E-state index contributed by atoms with van der Waals surface area (Å²) in [5, 5.41) is -0.724. The summed E-state index contributed by atoms with van der Waals surface area (Å²) in [4.78, 5) is 13.7. The molecule has 1 aromatic rings. The van der Waals surface area contributed by atoms with Gasteiger partial charge >= 0.3 is 5.24 Å². The topological polar surface area (TPSA) is 54.2 Å². The second-order valence-electron chi connectivity index (χ2n) is 4.70. The Bertz CT molecular complexity index is 586. The number of fused-ring (bicyclic) bond motifs is 1. The molecular weight excluding hydrogens is 365 g/mol. The predicted molar refractivity (Wildman–Crippen MR) is 75.0 cm³/mol. The molecule has 4 nitrogen and oxygen atoms in total. The minimum Gasteiger partial charge on any atom is -0.319 e. The fourth-order valence-corrected chi connectivity index (χ4v) is 4.26. The fourth-order valence-electron chi connectivity index (χ4n) is 2.66. The number of nitrogens with zero attached hydrogens (tertiary/aromatic N) is 1. The van der Waals surface area contributed by atoms with Crippen LogP contribution in [0.25, 0.3) is 0 Å². The van der Waals surface area contributed by atoms with Gasteiger partial charge in [0.05, 0.1) is 17.0 Å². The number of hydrogen-bond donors (Lipinski definition) is 0. The highest BCUT2D eigenvalue weighted by atomic mass is 127. The van der Waals surface area contributed by atoms with E-state index in [1.54, 1.807) is 12.1 Å². The lowest BCUT2D eigenvalue weighted by molar-refractivity contribution is 0.242. The largest absolute Gasteiger partial charge is 0.344 e. The van der Waals surface area contributed by atoms with Crippen molar-refractivity contribution in [3.05, 3.63) is 27.8 Å². The van der Waals surface area contributed by atoms with E-state index in [4.69, 9.17) is 0 Å². The Balaban J connectivity index is 1.86. The number of amides is 1. The standard InChI is InChI=1S/C12H12INO3S/c13-8-4-6-9(7-5-8)18(16,17)12(15)14-10-2-1-3-11(10)14/h4-7,10-11H,1-3H2. The summed E-state index contributed by atoms with van der Waals surface area (Å²) in [6, 6.07) is 6.74. The van der Waals surface area contributed by atoms with Gasteiger partial charge in [-0.3, -0.25) is 4.79 Å². The molecule has 0 radical (unpaired) electrons. The molecule has 1 saturated carbocycles. The molecule has 1 aromatic carbocycles. The van der Waals surface area contributed by atoms with Crippen molar-refractivity contribution in [2.75, 3.05) is 0 Å². The predicted octanol–water partition coefficient (Wildman–Crippen LogP) is 2.42. The van der Waals surface area contributed by atoms with Crippen LogP contribution in [0.4, 0.5) is 4.79 Å². The van der Waals surface area contributed by atoms with Crippen LogP contribution in [-0.2, 0) is 9.84 Å². The third-order valence-corrected chi connectivity index (χ3v) is 5.92. The number of halogens is 1. The Labute approximate surface area is 119 Å². The quantitative estimate of drug-likeness (QED) is 0.558. The van der Waals surface area contributed by atoms with Crippen molar-refractivity contribution in [3.8, 4) is 0 Å². The Morgan fingerprint density at radius 3 is 2.28 bits per heavy atom. The first-order valence-electron chi connectivity index (χ1n) is 5.85. The summed E-state index contributed by atoms with van der Waals surface area (Å²) in [6.07, 6.45) is 2.99. The molecule has 3 rings (SSSR count). The molecule has 96 valence electrons. The number of hydrogen-bond acceptors (Lipinski definition) is 3. The van der Waals surface area contributed by atoms with Gasteiger partial charge in [-0.25, -0.2) is 8.42 Å². The van der Waals surface area contributed by atoms with E-state index in [2.05, 4.69) is 22.6 Å². The molecule has 6 heteroatoms. The summed E-state index contributed by atoms with van der Waals surface area (Å²) in [5.74, 6) is 0. The third-order valence-electron chi connectivity index (χ3n) is 3.63. The number of likely N-dealkylation sites (tertiary alicyclic amines) is 1. The average molecular weight is 377 g/mol. The number of rotatable bonds is 1. The van der Waals surface area contributed by atoms with Gasteiger partial charge in [-0.05, 0) is 66.1 Å². The zero-order valence-corrected chi connectivity index (χ0v) is 12.5. The van der Waals surface area contributed by atoms with Crippen LogP contribution in [0.5, 0.6) is 0 Å². The molecule has 0 aromatic heterocycles. The van der Waals surface area contributed by atoms with Crippen LogP contribution >= 0.6 is 22.6 Å². The van der Waals surface area contributed by atoms with E-state index in [1.165, 1.54) is 17.0 Å². The highest BCUT2D eigenvalue weighted by Crippen LogP contribution is 2.43. The van der Waals surface area contributed by atoms with Crippen LogP contribution in [0.3, 0.4) is 0 Å². The molecule has 2 unspecified atom stereocenters. The van der Waals surface area contributed by atoms with Crippen molar-refractivity contribution in [2.45, 2.75) is 36.2 Å². The van der Waals surface area contributed by atoms with Crippen molar-refractivity contribution >= 4 is 37.7 Å². The smallest absolute Gasteiger partial charge is 0.319 e. The molecule has 0 N–H and O–H groups in total. The number of carbonyl (C=O) groups excluding carboxylic acids is 1. The molecule has 2 aliphatic rings. The van der Waals surface area contributed by atoms with Gasteiger partial charge in [-0.15, -0.1) is 0 Å². The lowest BCUT2D eigenvalue weighted by Crippen LogP contribution is -2.24. The maximum Gasteiger partial charge on any atom is 0.344 e. The molecule has 1 amide bonds. The van der Waals surface area contributed by atoms with Gasteiger partial charge in [0.2, 0.25) is 0 Å². The zero-order chi connectivity index (χ0) is 12.9. The Kier molecular flexibility index (Phi) is 2.89. The summed E-state index contributed by atoms with van der Waals surface area (Å²) < 4.78 is 25.3. The summed E-state index contributed by atoms with van der Waals surface area (Å²) in [7, 11) is -3.85. The lowest BCUT2D eigenvalue weighted by Gasteiger charge is -2.08. The molecule has 0 spiro atoms. The lowest BCUT2D eigenvalue weighted by atomic mass is 10.3. The van der Waals surface area contributed by atoms with Gasteiger partial charge in [-0.2, -0.15) is 0 Å². The first-order chi connectivity index (χ1) is 8.51. The van der Waals surface area contributed by atoms with Crippen LogP contribution < -0.4 is 0 Å². The maximum absolute atomic E-state index is 12.2. The van der Waals surface area contributed by atoms with Crippen LogP contribution in [-0.4, -0.2) is 30.6 Å². The second kappa shape index (κ2) is 4.19. The van der Waals surface area contributed by atoms with Gasteiger partial charge in [0.15, 0.2) is 0 Å². The first-order valence-corrected chi connectivity index (χ1v) is 8.41. The molecular formula is C12H12INO3S. The van der Waals surface area contributed by atoms with Crippen LogP contribution in [0, 0.1) is 3.57 Å². The van der Waals surface area contributed by atoms with Crippen LogP contribution in [0.15, 0.2) is 29.2 Å². The second-order valence-corrected chi connectivity index (χ2v) is 7.77. The highest BCUT2D eigenvalue weighted by molar-refractivity contribution is 14.1. The Hall–Kier alpha value is -0.630. The van der Waals surface area contributed by atoms with Crippen LogP contribution in [0.2, 0.25) is 0 Å². The van der Waals surface area contributed by atoms with Gasteiger partial charge in [-0.1, -0.05) is 0 Å². The average Bonchev–Trinajstić information content (AvgIpc) is 2.81. The van der Waals surface area contributed by atoms with Gasteiger partial charge < -0.3 is 4.90 Å². The highest BCUT2D eigenvalue weighted by Gasteiger charge is 2.56. The Morgan fingerprint density at radius 2 is 1.72 bits per heavy atom. The maximum atomic E-state index is 12.2. The van der Waals surface area contributed by atoms with E-state index in [0.717, 1.165) is 22.8 Å². The number of carbonyl (C=O) groups is 1. The molecule has 0 bridgehead atoms. The van der Waals surface area contributed by atoms with E-state index in [9.17, 15) is 13.2 Å². The Morgan fingerprint density at radius 1 is 1.17 bits per heavy atom. The van der Waals surface area contributed by atoms with Gasteiger partial charge in [0, 0.05) is 3.57 Å². The van der Waals surface area contributed by atoms with Crippen molar-refractivity contribution < 1.29 is 13.2 Å². The first kappa shape index (κ1) is 12.4. The summed E-state index contributed by atoms with van der Waals surface area (Å²) in [6.45, 7) is 0. The van der Waals surface area contributed by atoms with E-state index in [1.807, 2.05) is 0 Å². The van der Waals surface area contributed by atoms with E-state index in [0.29, 0.717) is 0 Å². The molecule has 2 atom stereocenters. The molecule has 1 heterocycles. The van der Waals surface area contributed by atoms with E-state index in [-0.39, 0.29) is 17.0 Å². The molecule has 18 heavy (non-hydrogen) atoms. The number of sulfone groups is 1. The van der Waals surface area contributed by atoms with Crippen molar-refractivity contribution in [3.63, 3.8) is 0 Å². The zero-order valence-electron chi connectivity index (χ0n) is 9.54. The molecule has 1 aliphatic heterocycles.